The van der Waals surface area contributed by atoms with Crippen LogP contribution in [0.5, 0.6) is 0 Å². The molecule has 25 heavy (non-hydrogen) atoms. The zero-order valence-corrected chi connectivity index (χ0v) is 15.3. The molecule has 1 atom stereocenters. The predicted octanol–water partition coefficient (Wildman–Crippen LogP) is 3.61. The molecule has 2 aliphatic rings. The SMILES string of the molecule is C=C1C2=C(OC(C)(C)CC2)c2ccccc2C1OCC(C)(CO)CO. The molecule has 1 aliphatic heterocycles. The number of hydrogen-bond donors (Lipinski definition) is 2. The van der Waals surface area contributed by atoms with Gasteiger partial charge in [-0.25, -0.2) is 0 Å². The quantitative estimate of drug-likeness (QED) is 0.857. The maximum Gasteiger partial charge on any atom is 0.131 e. The summed E-state index contributed by atoms with van der Waals surface area (Å²) in [5, 5.41) is 19.1. The topological polar surface area (TPSA) is 58.9 Å². The highest BCUT2D eigenvalue weighted by Gasteiger charge is 2.38. The number of hydrogen-bond acceptors (Lipinski definition) is 4. The Morgan fingerprint density at radius 3 is 2.64 bits per heavy atom. The zero-order valence-electron chi connectivity index (χ0n) is 15.3. The van der Waals surface area contributed by atoms with Crippen LogP contribution >= 0.6 is 0 Å². The molecule has 0 amide bonds. The summed E-state index contributed by atoms with van der Waals surface area (Å²) in [6.07, 6.45) is 1.56. The van der Waals surface area contributed by atoms with Gasteiger partial charge in [0.15, 0.2) is 0 Å². The van der Waals surface area contributed by atoms with Crippen LogP contribution in [0.25, 0.3) is 5.76 Å². The first-order valence-electron chi connectivity index (χ1n) is 8.84. The predicted molar refractivity (Wildman–Crippen MR) is 97.9 cm³/mol. The summed E-state index contributed by atoms with van der Waals surface area (Å²) in [7, 11) is 0. The Labute approximate surface area is 149 Å². The molecule has 1 aromatic carbocycles. The van der Waals surface area contributed by atoms with Crippen LogP contribution in [0.4, 0.5) is 0 Å². The third-order valence-electron chi connectivity index (χ3n) is 5.18. The molecular weight excluding hydrogens is 316 g/mol. The lowest BCUT2D eigenvalue weighted by atomic mass is 9.79. The number of fused-ring (bicyclic) bond motifs is 2. The average Bonchev–Trinajstić information content (AvgIpc) is 2.60. The van der Waals surface area contributed by atoms with Gasteiger partial charge in [0.1, 0.15) is 17.5 Å². The molecule has 0 aromatic heterocycles. The summed E-state index contributed by atoms with van der Waals surface area (Å²) in [6, 6.07) is 8.09. The normalized spacial score (nSPS) is 22.3. The summed E-state index contributed by atoms with van der Waals surface area (Å²) in [6.45, 7) is 10.3. The van der Waals surface area contributed by atoms with Crippen molar-refractivity contribution in [3.05, 3.63) is 53.1 Å². The molecule has 0 radical (unpaired) electrons. The smallest absolute Gasteiger partial charge is 0.131 e. The van der Waals surface area contributed by atoms with E-state index in [4.69, 9.17) is 9.47 Å². The van der Waals surface area contributed by atoms with E-state index in [1.807, 2.05) is 18.2 Å². The minimum absolute atomic E-state index is 0.129. The van der Waals surface area contributed by atoms with Gasteiger partial charge in [0.2, 0.25) is 0 Å². The molecule has 0 bridgehead atoms. The third kappa shape index (κ3) is 3.39. The summed E-state index contributed by atoms with van der Waals surface area (Å²) >= 11 is 0. The summed E-state index contributed by atoms with van der Waals surface area (Å²) in [4.78, 5) is 0. The van der Waals surface area contributed by atoms with Gasteiger partial charge in [-0.2, -0.15) is 0 Å². The molecule has 0 saturated heterocycles. The molecule has 1 unspecified atom stereocenters. The highest BCUT2D eigenvalue weighted by Crippen LogP contribution is 2.49. The minimum Gasteiger partial charge on any atom is -0.487 e. The molecule has 1 heterocycles. The second-order valence-corrected chi connectivity index (χ2v) is 8.10. The van der Waals surface area contributed by atoms with E-state index < -0.39 is 5.41 Å². The van der Waals surface area contributed by atoms with Gasteiger partial charge in [-0.3, -0.25) is 0 Å². The van der Waals surface area contributed by atoms with Gasteiger partial charge in [-0.15, -0.1) is 0 Å². The van der Waals surface area contributed by atoms with E-state index in [9.17, 15) is 10.2 Å². The zero-order chi connectivity index (χ0) is 18.2. The van der Waals surface area contributed by atoms with Gasteiger partial charge in [0.05, 0.1) is 19.8 Å². The maximum atomic E-state index is 9.53. The van der Waals surface area contributed by atoms with Crippen LogP contribution in [0.2, 0.25) is 0 Å². The van der Waals surface area contributed by atoms with E-state index in [1.54, 1.807) is 6.92 Å². The highest BCUT2D eigenvalue weighted by atomic mass is 16.5. The van der Waals surface area contributed by atoms with Gasteiger partial charge >= 0.3 is 0 Å². The van der Waals surface area contributed by atoms with Gasteiger partial charge in [0.25, 0.3) is 0 Å². The lowest BCUT2D eigenvalue weighted by molar-refractivity contribution is -0.0393. The van der Waals surface area contributed by atoms with E-state index in [0.717, 1.165) is 40.9 Å². The Morgan fingerprint density at radius 2 is 1.96 bits per heavy atom. The van der Waals surface area contributed by atoms with Crippen molar-refractivity contribution >= 4 is 5.76 Å². The fourth-order valence-electron chi connectivity index (χ4n) is 3.35. The Morgan fingerprint density at radius 1 is 1.28 bits per heavy atom. The molecule has 3 rings (SSSR count). The van der Waals surface area contributed by atoms with Crippen LogP contribution in [-0.2, 0) is 9.47 Å². The van der Waals surface area contributed by atoms with Crippen LogP contribution in [-0.4, -0.2) is 35.6 Å². The molecule has 0 fully saturated rings. The number of aliphatic hydroxyl groups excluding tert-OH is 2. The Kier molecular flexibility index (Phi) is 4.80. The van der Waals surface area contributed by atoms with Crippen molar-refractivity contribution in [2.24, 2.45) is 5.41 Å². The highest BCUT2D eigenvalue weighted by molar-refractivity contribution is 5.75. The van der Waals surface area contributed by atoms with Crippen molar-refractivity contribution in [3.63, 3.8) is 0 Å². The third-order valence-corrected chi connectivity index (χ3v) is 5.18. The van der Waals surface area contributed by atoms with Crippen molar-refractivity contribution in [2.45, 2.75) is 45.3 Å². The number of aliphatic hydroxyl groups is 2. The largest absolute Gasteiger partial charge is 0.487 e. The summed E-state index contributed by atoms with van der Waals surface area (Å²) in [5.74, 6) is 0.920. The van der Waals surface area contributed by atoms with Gasteiger partial charge in [-0.05, 0) is 37.8 Å². The van der Waals surface area contributed by atoms with Crippen LogP contribution in [0, 0.1) is 5.41 Å². The van der Waals surface area contributed by atoms with E-state index in [-0.39, 0.29) is 31.5 Å². The average molecular weight is 344 g/mol. The van der Waals surface area contributed by atoms with Gasteiger partial charge in [0, 0.05) is 16.6 Å². The Bertz CT molecular complexity index is 698. The van der Waals surface area contributed by atoms with E-state index in [2.05, 4.69) is 26.5 Å². The van der Waals surface area contributed by atoms with E-state index >= 15 is 0 Å². The second kappa shape index (κ2) is 6.60. The fourth-order valence-corrected chi connectivity index (χ4v) is 3.35. The van der Waals surface area contributed by atoms with E-state index in [0.29, 0.717) is 0 Å². The van der Waals surface area contributed by atoms with Crippen molar-refractivity contribution in [2.75, 3.05) is 19.8 Å². The number of benzene rings is 1. The van der Waals surface area contributed by atoms with Crippen LogP contribution in [0.1, 0.15) is 50.8 Å². The van der Waals surface area contributed by atoms with Crippen molar-refractivity contribution < 1.29 is 19.7 Å². The van der Waals surface area contributed by atoms with Crippen molar-refractivity contribution in [1.82, 2.24) is 0 Å². The maximum absolute atomic E-state index is 9.53. The van der Waals surface area contributed by atoms with E-state index in [1.165, 1.54) is 0 Å². The second-order valence-electron chi connectivity index (χ2n) is 8.10. The minimum atomic E-state index is -0.672. The van der Waals surface area contributed by atoms with Crippen molar-refractivity contribution in [3.8, 4) is 0 Å². The number of ether oxygens (including phenoxy) is 2. The Balaban J connectivity index is 1.95. The van der Waals surface area contributed by atoms with Gasteiger partial charge < -0.3 is 19.7 Å². The standard InChI is InChI=1S/C21H28O4/c1-14-15-9-10-20(2,3)25-19(15)17-8-6-5-7-16(17)18(14)24-13-21(4,11-22)12-23/h5-8,18,22-23H,1,9-13H2,2-4H3. The molecule has 1 aliphatic carbocycles. The monoisotopic (exact) mass is 344 g/mol. The molecule has 4 heteroatoms. The molecular formula is C21H28O4. The Hall–Kier alpha value is -1.62. The van der Waals surface area contributed by atoms with Crippen LogP contribution in [0.15, 0.2) is 42.0 Å². The first-order chi connectivity index (χ1) is 11.8. The van der Waals surface area contributed by atoms with Crippen LogP contribution in [0.3, 0.4) is 0 Å². The molecule has 136 valence electrons. The van der Waals surface area contributed by atoms with Crippen molar-refractivity contribution in [1.29, 1.82) is 0 Å². The summed E-state index contributed by atoms with van der Waals surface area (Å²) < 4.78 is 12.5. The molecule has 1 aromatic rings. The molecule has 0 spiro atoms. The van der Waals surface area contributed by atoms with Gasteiger partial charge in [-0.1, -0.05) is 37.8 Å². The first-order valence-corrected chi connectivity index (χ1v) is 8.84. The molecule has 0 saturated carbocycles. The number of rotatable bonds is 5. The molecule has 4 nitrogen and oxygen atoms in total. The van der Waals surface area contributed by atoms with Crippen LogP contribution < -0.4 is 0 Å². The fraction of sp³-hybridized carbons (Fsp3) is 0.524. The lowest BCUT2D eigenvalue weighted by Gasteiger charge is -2.40. The molecule has 2 N–H and O–H groups in total. The lowest BCUT2D eigenvalue weighted by Crippen LogP contribution is -2.34. The summed E-state index contributed by atoms with van der Waals surface area (Å²) in [5.41, 5.74) is 3.26. The first kappa shape index (κ1) is 18.2.